The van der Waals surface area contributed by atoms with E-state index < -0.39 is 5.69 Å². The van der Waals surface area contributed by atoms with E-state index in [1.54, 1.807) is 13.1 Å². The summed E-state index contributed by atoms with van der Waals surface area (Å²) in [6.07, 6.45) is 1.61. The zero-order chi connectivity index (χ0) is 18.4. The average molecular weight is 370 g/mol. The summed E-state index contributed by atoms with van der Waals surface area (Å²) in [5.41, 5.74) is 4.58. The lowest BCUT2D eigenvalue weighted by Crippen LogP contribution is -2.15. The summed E-state index contributed by atoms with van der Waals surface area (Å²) >= 11 is 5.96. The van der Waals surface area contributed by atoms with Crippen molar-refractivity contribution in [2.75, 3.05) is 5.43 Å². The van der Waals surface area contributed by atoms with Gasteiger partial charge in [0.1, 0.15) is 18.1 Å². The summed E-state index contributed by atoms with van der Waals surface area (Å²) in [6.45, 7) is 2.16. The van der Waals surface area contributed by atoms with Gasteiger partial charge in [0.15, 0.2) is 5.82 Å². The Hall–Kier alpha value is -3.19. The standard InChI is InChI=1S/C18H16ClN5O2/c1-12-17(21-18(25)24-22-12)23-20-10-13-5-7-16(8-6-13)26-11-14-3-2-4-15(19)9-14/h2-10H,11H2,1H3,(H2,21,23,24,25)/b20-10-. The quantitative estimate of drug-likeness (QED) is 0.514. The number of anilines is 1. The van der Waals surface area contributed by atoms with Gasteiger partial charge in [0.25, 0.3) is 0 Å². The van der Waals surface area contributed by atoms with Gasteiger partial charge in [-0.2, -0.15) is 15.2 Å². The fourth-order valence-electron chi connectivity index (χ4n) is 2.11. The van der Waals surface area contributed by atoms with Crippen molar-refractivity contribution in [3.63, 3.8) is 0 Å². The number of benzene rings is 2. The lowest BCUT2D eigenvalue weighted by molar-refractivity contribution is 0.306. The molecule has 2 N–H and O–H groups in total. The molecular weight excluding hydrogens is 354 g/mol. The van der Waals surface area contributed by atoms with E-state index in [4.69, 9.17) is 16.3 Å². The van der Waals surface area contributed by atoms with Crippen LogP contribution in [0.2, 0.25) is 5.02 Å². The van der Waals surface area contributed by atoms with Crippen LogP contribution >= 0.6 is 11.6 Å². The van der Waals surface area contributed by atoms with Crippen LogP contribution in [0.4, 0.5) is 5.82 Å². The van der Waals surface area contributed by atoms with Gasteiger partial charge in [-0.05, 0) is 54.4 Å². The number of H-pyrrole nitrogens is 1. The molecule has 3 rings (SSSR count). The van der Waals surface area contributed by atoms with E-state index in [0.29, 0.717) is 23.1 Å². The largest absolute Gasteiger partial charge is 0.489 e. The molecule has 0 radical (unpaired) electrons. The first-order valence-electron chi connectivity index (χ1n) is 7.80. The fraction of sp³-hybridized carbons (Fsp3) is 0.111. The minimum absolute atomic E-state index is 0.312. The van der Waals surface area contributed by atoms with Crippen molar-refractivity contribution < 1.29 is 4.74 Å². The van der Waals surface area contributed by atoms with Gasteiger partial charge in [-0.3, -0.25) is 5.43 Å². The van der Waals surface area contributed by atoms with Gasteiger partial charge < -0.3 is 4.74 Å². The normalized spacial score (nSPS) is 10.8. The summed E-state index contributed by atoms with van der Waals surface area (Å²) in [4.78, 5) is 14.9. The molecule has 0 fully saturated rings. The number of aromatic amines is 1. The molecule has 0 aliphatic heterocycles. The van der Waals surface area contributed by atoms with Crippen molar-refractivity contribution in [1.29, 1.82) is 0 Å². The number of ether oxygens (including phenoxy) is 1. The number of nitrogens with one attached hydrogen (secondary N) is 2. The Balaban J connectivity index is 1.57. The van der Waals surface area contributed by atoms with Crippen LogP contribution in [-0.4, -0.2) is 21.4 Å². The third kappa shape index (κ3) is 4.90. The monoisotopic (exact) mass is 369 g/mol. The fourth-order valence-corrected chi connectivity index (χ4v) is 2.32. The van der Waals surface area contributed by atoms with Crippen LogP contribution in [0.15, 0.2) is 58.4 Å². The van der Waals surface area contributed by atoms with E-state index in [2.05, 4.69) is 25.7 Å². The lowest BCUT2D eigenvalue weighted by atomic mass is 10.2. The summed E-state index contributed by atoms with van der Waals surface area (Å²) in [7, 11) is 0. The summed E-state index contributed by atoms with van der Waals surface area (Å²) < 4.78 is 5.73. The number of aryl methyl sites for hydroxylation is 1. The molecule has 0 bridgehead atoms. The Bertz CT molecular complexity index is 970. The topological polar surface area (TPSA) is 92.3 Å². The smallest absolute Gasteiger partial charge is 0.363 e. The molecule has 1 heterocycles. The van der Waals surface area contributed by atoms with Crippen molar-refractivity contribution in [3.8, 4) is 5.75 Å². The molecule has 0 amide bonds. The Morgan fingerprint density at radius 2 is 2.08 bits per heavy atom. The van der Waals surface area contributed by atoms with Gasteiger partial charge in [-0.25, -0.2) is 9.89 Å². The third-order valence-electron chi connectivity index (χ3n) is 3.43. The van der Waals surface area contributed by atoms with Crippen molar-refractivity contribution in [2.45, 2.75) is 13.5 Å². The number of aromatic nitrogens is 3. The zero-order valence-electron chi connectivity index (χ0n) is 13.9. The molecule has 8 heteroatoms. The van der Waals surface area contributed by atoms with Gasteiger partial charge in [0, 0.05) is 5.02 Å². The molecule has 26 heavy (non-hydrogen) atoms. The third-order valence-corrected chi connectivity index (χ3v) is 3.67. The summed E-state index contributed by atoms with van der Waals surface area (Å²) in [5, 5.41) is 10.8. The number of halogens is 1. The summed E-state index contributed by atoms with van der Waals surface area (Å²) in [6, 6.07) is 15.0. The molecule has 2 aromatic carbocycles. The zero-order valence-corrected chi connectivity index (χ0v) is 14.7. The highest BCUT2D eigenvalue weighted by molar-refractivity contribution is 6.30. The molecular formula is C18H16ClN5O2. The highest BCUT2D eigenvalue weighted by Gasteiger charge is 2.00. The highest BCUT2D eigenvalue weighted by Crippen LogP contribution is 2.16. The number of nitrogens with zero attached hydrogens (tertiary/aromatic N) is 3. The van der Waals surface area contributed by atoms with Gasteiger partial charge in [-0.1, -0.05) is 23.7 Å². The minimum atomic E-state index is -0.533. The van der Waals surface area contributed by atoms with Crippen LogP contribution < -0.4 is 15.9 Å². The van der Waals surface area contributed by atoms with Crippen molar-refractivity contribution in [1.82, 2.24) is 15.2 Å². The Morgan fingerprint density at radius 3 is 2.85 bits per heavy atom. The first kappa shape index (κ1) is 17.6. The van der Waals surface area contributed by atoms with Crippen molar-refractivity contribution in [3.05, 3.63) is 80.9 Å². The molecule has 132 valence electrons. The first-order chi connectivity index (χ1) is 12.6. The second kappa shape index (κ2) is 8.26. The number of rotatable bonds is 6. The molecule has 0 spiro atoms. The second-order valence-corrected chi connectivity index (χ2v) is 5.87. The maximum atomic E-state index is 11.2. The lowest BCUT2D eigenvalue weighted by Gasteiger charge is -2.07. The Labute approximate surface area is 154 Å². The summed E-state index contributed by atoms with van der Waals surface area (Å²) in [5.74, 6) is 1.05. The molecule has 1 aromatic heterocycles. The van der Waals surface area contributed by atoms with Gasteiger partial charge in [0.2, 0.25) is 0 Å². The van der Waals surface area contributed by atoms with E-state index in [9.17, 15) is 4.79 Å². The molecule has 0 saturated carbocycles. The highest BCUT2D eigenvalue weighted by atomic mass is 35.5. The molecule has 0 saturated heterocycles. The molecule has 7 nitrogen and oxygen atoms in total. The maximum Gasteiger partial charge on any atom is 0.363 e. The number of hydrogen-bond acceptors (Lipinski definition) is 6. The van der Waals surface area contributed by atoms with E-state index in [0.717, 1.165) is 16.9 Å². The van der Waals surface area contributed by atoms with Crippen LogP contribution in [0.25, 0.3) is 0 Å². The predicted molar refractivity (Wildman–Crippen MR) is 101 cm³/mol. The van der Waals surface area contributed by atoms with E-state index in [1.807, 2.05) is 48.5 Å². The molecule has 0 aliphatic rings. The van der Waals surface area contributed by atoms with Gasteiger partial charge in [-0.15, -0.1) is 0 Å². The van der Waals surface area contributed by atoms with Crippen molar-refractivity contribution in [2.24, 2.45) is 5.10 Å². The van der Waals surface area contributed by atoms with E-state index >= 15 is 0 Å². The average Bonchev–Trinajstić information content (AvgIpc) is 2.64. The Morgan fingerprint density at radius 1 is 1.27 bits per heavy atom. The number of hydrogen-bond donors (Lipinski definition) is 2. The van der Waals surface area contributed by atoms with Crippen LogP contribution in [0.1, 0.15) is 16.8 Å². The number of hydrazone groups is 1. The predicted octanol–water partition coefficient (Wildman–Crippen LogP) is 3.15. The maximum absolute atomic E-state index is 11.2. The molecule has 0 unspecified atom stereocenters. The van der Waals surface area contributed by atoms with Crippen LogP contribution in [0, 0.1) is 6.92 Å². The van der Waals surface area contributed by atoms with Crippen LogP contribution in [0.3, 0.4) is 0 Å². The van der Waals surface area contributed by atoms with Gasteiger partial charge in [0.05, 0.1) is 6.21 Å². The molecule has 0 atom stereocenters. The minimum Gasteiger partial charge on any atom is -0.489 e. The van der Waals surface area contributed by atoms with Crippen LogP contribution in [-0.2, 0) is 6.61 Å². The van der Waals surface area contributed by atoms with Crippen LogP contribution in [0.5, 0.6) is 5.75 Å². The van der Waals surface area contributed by atoms with Gasteiger partial charge >= 0.3 is 5.69 Å². The molecule has 0 aliphatic carbocycles. The van der Waals surface area contributed by atoms with E-state index in [1.165, 1.54) is 0 Å². The first-order valence-corrected chi connectivity index (χ1v) is 8.18. The second-order valence-electron chi connectivity index (χ2n) is 5.43. The SMILES string of the molecule is Cc1n[nH]c(=O)nc1N/N=C\c1ccc(OCc2cccc(Cl)c2)cc1. The van der Waals surface area contributed by atoms with Crippen molar-refractivity contribution >= 4 is 23.6 Å². The van der Waals surface area contributed by atoms with E-state index in [-0.39, 0.29) is 0 Å². The Kier molecular flexibility index (Phi) is 5.60. The molecule has 3 aromatic rings.